The van der Waals surface area contributed by atoms with E-state index in [2.05, 4.69) is 5.32 Å². The zero-order valence-corrected chi connectivity index (χ0v) is 8.67. The van der Waals surface area contributed by atoms with Crippen molar-refractivity contribution < 1.29 is 9.47 Å². The quantitative estimate of drug-likeness (QED) is 0.835. The molecule has 0 unspecified atom stereocenters. The Labute approximate surface area is 88.0 Å². The van der Waals surface area contributed by atoms with Crippen LogP contribution in [0.1, 0.15) is 0 Å². The topological polar surface area (TPSA) is 30.5 Å². The van der Waals surface area contributed by atoms with Gasteiger partial charge in [0.15, 0.2) is 0 Å². The van der Waals surface area contributed by atoms with E-state index in [0.717, 1.165) is 24.7 Å². The molecule has 1 heterocycles. The van der Waals surface area contributed by atoms with Crippen LogP contribution in [0, 0.1) is 0 Å². The highest BCUT2D eigenvalue weighted by Crippen LogP contribution is 2.28. The van der Waals surface area contributed by atoms with Gasteiger partial charge in [-0.05, 0) is 12.1 Å². The molecule has 0 spiro atoms. The number of methoxy groups -OCH3 is 1. The molecule has 0 bridgehead atoms. The molecular weight excluding hydrogens is 202 g/mol. The molecule has 1 fully saturated rings. The van der Waals surface area contributed by atoms with Gasteiger partial charge in [0.1, 0.15) is 5.75 Å². The number of rotatable bonds is 3. The summed E-state index contributed by atoms with van der Waals surface area (Å²) in [4.78, 5) is 0. The number of hydrogen-bond donors (Lipinski definition) is 1. The van der Waals surface area contributed by atoms with E-state index in [-0.39, 0.29) is 0 Å². The summed E-state index contributed by atoms with van der Waals surface area (Å²) in [5, 5.41) is 3.99. The van der Waals surface area contributed by atoms with E-state index in [9.17, 15) is 0 Å². The molecule has 0 atom stereocenters. The molecular formula is C10H12ClNO2. The van der Waals surface area contributed by atoms with Crippen molar-refractivity contribution in [1.29, 1.82) is 0 Å². The lowest BCUT2D eigenvalue weighted by molar-refractivity contribution is 0.0210. The number of halogens is 1. The maximum atomic E-state index is 5.85. The summed E-state index contributed by atoms with van der Waals surface area (Å²) in [5.74, 6) is 0.768. The van der Waals surface area contributed by atoms with Gasteiger partial charge in [0.2, 0.25) is 0 Å². The lowest BCUT2D eigenvalue weighted by Gasteiger charge is -2.28. The van der Waals surface area contributed by atoms with E-state index in [1.165, 1.54) is 0 Å². The molecule has 1 aromatic rings. The Morgan fingerprint density at radius 1 is 1.50 bits per heavy atom. The number of hydrogen-bond acceptors (Lipinski definition) is 3. The number of ether oxygens (including phenoxy) is 2. The average molecular weight is 214 g/mol. The Balaban J connectivity index is 2.14. The number of nitrogens with one attached hydrogen (secondary N) is 1. The van der Waals surface area contributed by atoms with E-state index >= 15 is 0 Å². The normalized spacial score (nSPS) is 16.1. The molecule has 1 saturated heterocycles. The molecule has 2 rings (SSSR count). The van der Waals surface area contributed by atoms with Crippen LogP contribution in [0.3, 0.4) is 0 Å². The maximum Gasteiger partial charge on any atom is 0.143 e. The lowest BCUT2D eigenvalue weighted by atomic mass is 10.2. The van der Waals surface area contributed by atoms with Gasteiger partial charge in [-0.25, -0.2) is 0 Å². The third kappa shape index (κ3) is 1.94. The van der Waals surface area contributed by atoms with Crippen LogP contribution < -0.4 is 10.1 Å². The highest BCUT2D eigenvalue weighted by Gasteiger charge is 2.19. The molecule has 76 valence electrons. The number of anilines is 1. The smallest absolute Gasteiger partial charge is 0.143 e. The van der Waals surface area contributed by atoms with Crippen molar-refractivity contribution >= 4 is 17.3 Å². The van der Waals surface area contributed by atoms with E-state index in [0.29, 0.717) is 11.1 Å². The van der Waals surface area contributed by atoms with Gasteiger partial charge in [0, 0.05) is 11.1 Å². The minimum Gasteiger partial charge on any atom is -0.495 e. The van der Waals surface area contributed by atoms with E-state index in [1.54, 1.807) is 13.2 Å². The first-order chi connectivity index (χ1) is 6.79. The molecule has 0 radical (unpaired) electrons. The molecule has 0 aliphatic carbocycles. The zero-order chi connectivity index (χ0) is 9.97. The molecule has 0 saturated carbocycles. The Kier molecular flexibility index (Phi) is 2.79. The van der Waals surface area contributed by atoms with Gasteiger partial charge in [-0.15, -0.1) is 0 Å². The Morgan fingerprint density at radius 3 is 2.86 bits per heavy atom. The minimum absolute atomic E-state index is 0.394. The van der Waals surface area contributed by atoms with Crippen molar-refractivity contribution in [2.75, 3.05) is 25.6 Å². The van der Waals surface area contributed by atoms with Gasteiger partial charge in [0.05, 0.1) is 32.1 Å². The first-order valence-electron chi connectivity index (χ1n) is 4.47. The van der Waals surface area contributed by atoms with Crippen molar-refractivity contribution in [2.45, 2.75) is 6.04 Å². The van der Waals surface area contributed by atoms with E-state index in [1.807, 2.05) is 12.1 Å². The standard InChI is InChI=1S/C10H12ClNO2/c1-13-10-4-7(11)2-3-9(10)12-8-5-14-6-8/h2-4,8,12H,5-6H2,1H3. The van der Waals surface area contributed by atoms with Gasteiger partial charge in [-0.1, -0.05) is 11.6 Å². The van der Waals surface area contributed by atoms with Crippen molar-refractivity contribution in [3.05, 3.63) is 23.2 Å². The maximum absolute atomic E-state index is 5.85. The van der Waals surface area contributed by atoms with Gasteiger partial charge in [0.25, 0.3) is 0 Å². The predicted molar refractivity (Wildman–Crippen MR) is 56.2 cm³/mol. The molecule has 0 amide bonds. The van der Waals surface area contributed by atoms with Crippen LogP contribution in [0.15, 0.2) is 18.2 Å². The van der Waals surface area contributed by atoms with Crippen LogP contribution in [0.4, 0.5) is 5.69 Å². The van der Waals surface area contributed by atoms with Crippen LogP contribution in [0.25, 0.3) is 0 Å². The SMILES string of the molecule is COc1cc(Cl)ccc1NC1COC1. The van der Waals surface area contributed by atoms with Crippen molar-refractivity contribution in [1.82, 2.24) is 0 Å². The predicted octanol–water partition coefficient (Wildman–Crippen LogP) is 2.16. The molecule has 4 heteroatoms. The molecule has 3 nitrogen and oxygen atoms in total. The fourth-order valence-corrected chi connectivity index (χ4v) is 1.49. The Bertz CT molecular complexity index is 326. The second kappa shape index (κ2) is 4.07. The summed E-state index contributed by atoms with van der Waals surface area (Å²) in [6.07, 6.45) is 0. The summed E-state index contributed by atoms with van der Waals surface area (Å²) in [6.45, 7) is 1.51. The highest BCUT2D eigenvalue weighted by atomic mass is 35.5. The van der Waals surface area contributed by atoms with Crippen LogP contribution in [-0.4, -0.2) is 26.4 Å². The molecule has 14 heavy (non-hydrogen) atoms. The first kappa shape index (κ1) is 9.62. The highest BCUT2D eigenvalue weighted by molar-refractivity contribution is 6.30. The molecule has 0 aromatic heterocycles. The van der Waals surface area contributed by atoms with Crippen LogP contribution in [-0.2, 0) is 4.74 Å². The lowest BCUT2D eigenvalue weighted by Crippen LogP contribution is -2.40. The fourth-order valence-electron chi connectivity index (χ4n) is 1.32. The summed E-state index contributed by atoms with van der Waals surface area (Å²) >= 11 is 5.85. The van der Waals surface area contributed by atoms with Gasteiger partial charge in [-0.2, -0.15) is 0 Å². The Morgan fingerprint density at radius 2 is 2.29 bits per heavy atom. The van der Waals surface area contributed by atoms with E-state index < -0.39 is 0 Å². The van der Waals surface area contributed by atoms with Crippen LogP contribution in [0.2, 0.25) is 5.02 Å². The van der Waals surface area contributed by atoms with Crippen molar-refractivity contribution in [3.63, 3.8) is 0 Å². The monoisotopic (exact) mass is 213 g/mol. The second-order valence-corrected chi connectivity index (χ2v) is 3.66. The van der Waals surface area contributed by atoms with Gasteiger partial charge < -0.3 is 14.8 Å². The summed E-state index contributed by atoms with van der Waals surface area (Å²) in [6, 6.07) is 5.94. The zero-order valence-electron chi connectivity index (χ0n) is 7.92. The number of benzene rings is 1. The first-order valence-corrected chi connectivity index (χ1v) is 4.85. The van der Waals surface area contributed by atoms with Gasteiger partial charge >= 0.3 is 0 Å². The van der Waals surface area contributed by atoms with Crippen LogP contribution >= 0.6 is 11.6 Å². The summed E-state index contributed by atoms with van der Waals surface area (Å²) in [7, 11) is 1.63. The second-order valence-electron chi connectivity index (χ2n) is 3.22. The summed E-state index contributed by atoms with van der Waals surface area (Å²) < 4.78 is 10.3. The molecule has 1 aliphatic rings. The van der Waals surface area contributed by atoms with Crippen molar-refractivity contribution in [3.8, 4) is 5.75 Å². The third-order valence-corrected chi connectivity index (χ3v) is 2.40. The fraction of sp³-hybridized carbons (Fsp3) is 0.400. The third-order valence-electron chi connectivity index (χ3n) is 2.16. The Hall–Kier alpha value is -0.930. The molecule has 1 aliphatic heterocycles. The van der Waals surface area contributed by atoms with Crippen LogP contribution in [0.5, 0.6) is 5.75 Å². The average Bonchev–Trinajstić information content (AvgIpc) is 2.13. The van der Waals surface area contributed by atoms with Crippen molar-refractivity contribution in [2.24, 2.45) is 0 Å². The largest absolute Gasteiger partial charge is 0.495 e. The van der Waals surface area contributed by atoms with Gasteiger partial charge in [-0.3, -0.25) is 0 Å². The molecule has 1 N–H and O–H groups in total. The minimum atomic E-state index is 0.394. The molecule has 1 aromatic carbocycles. The van der Waals surface area contributed by atoms with E-state index in [4.69, 9.17) is 21.1 Å². The summed E-state index contributed by atoms with van der Waals surface area (Å²) in [5.41, 5.74) is 0.963.